The smallest absolute Gasteiger partial charge is 0.262 e. The van der Waals surface area contributed by atoms with E-state index in [0.29, 0.717) is 0 Å². The summed E-state index contributed by atoms with van der Waals surface area (Å²) in [5, 5.41) is 11.4. The summed E-state index contributed by atoms with van der Waals surface area (Å²) in [5.74, 6) is -3.22. The summed E-state index contributed by atoms with van der Waals surface area (Å²) in [4.78, 5) is 11.8. The van der Waals surface area contributed by atoms with Crippen molar-refractivity contribution in [2.24, 2.45) is 0 Å². The number of halogens is 3. The van der Waals surface area contributed by atoms with Crippen molar-refractivity contribution in [2.45, 2.75) is 0 Å². The van der Waals surface area contributed by atoms with E-state index in [9.17, 15) is 18.7 Å². The molecule has 0 saturated carbocycles. The average molecular weight is 284 g/mol. The van der Waals surface area contributed by atoms with Gasteiger partial charge in [0.1, 0.15) is 17.1 Å². The largest absolute Gasteiger partial charge is 0.507 e. The lowest BCUT2D eigenvalue weighted by Gasteiger charge is -2.09. The Hall–Kier alpha value is -2.14. The van der Waals surface area contributed by atoms with Crippen molar-refractivity contribution in [3.63, 3.8) is 0 Å². The summed E-state index contributed by atoms with van der Waals surface area (Å²) in [6.45, 7) is 0. The van der Waals surface area contributed by atoms with E-state index < -0.39 is 28.9 Å². The summed E-state index contributed by atoms with van der Waals surface area (Å²) in [6.07, 6.45) is 0. The SMILES string of the molecule is O=C(Nc1cccc(Cl)c1F)c1c(O)cccc1F. The Morgan fingerprint density at radius 2 is 1.84 bits per heavy atom. The van der Waals surface area contributed by atoms with Gasteiger partial charge >= 0.3 is 0 Å². The van der Waals surface area contributed by atoms with Crippen LogP contribution in [0.15, 0.2) is 36.4 Å². The maximum absolute atomic E-state index is 13.6. The van der Waals surface area contributed by atoms with Crippen molar-refractivity contribution >= 4 is 23.2 Å². The van der Waals surface area contributed by atoms with Crippen molar-refractivity contribution in [3.8, 4) is 5.75 Å². The maximum atomic E-state index is 13.6. The first-order valence-electron chi connectivity index (χ1n) is 5.23. The molecule has 0 atom stereocenters. The third-order valence-corrected chi connectivity index (χ3v) is 2.71. The van der Waals surface area contributed by atoms with Crippen molar-refractivity contribution in [3.05, 3.63) is 58.6 Å². The molecule has 19 heavy (non-hydrogen) atoms. The minimum absolute atomic E-state index is 0.171. The van der Waals surface area contributed by atoms with Crippen LogP contribution in [0.25, 0.3) is 0 Å². The number of phenolic OH excluding ortho intramolecular Hbond substituents is 1. The number of carbonyl (C=O) groups excluding carboxylic acids is 1. The Morgan fingerprint density at radius 1 is 1.16 bits per heavy atom. The molecule has 3 nitrogen and oxygen atoms in total. The fraction of sp³-hybridized carbons (Fsp3) is 0. The number of hydrogen-bond acceptors (Lipinski definition) is 2. The average Bonchev–Trinajstić information content (AvgIpc) is 2.35. The second-order valence-electron chi connectivity index (χ2n) is 3.69. The molecule has 2 aromatic rings. The number of benzene rings is 2. The molecule has 0 aliphatic rings. The second kappa shape index (κ2) is 5.24. The topological polar surface area (TPSA) is 49.3 Å². The van der Waals surface area contributed by atoms with Gasteiger partial charge in [-0.25, -0.2) is 8.78 Å². The zero-order valence-electron chi connectivity index (χ0n) is 9.45. The Kier molecular flexibility index (Phi) is 3.66. The van der Waals surface area contributed by atoms with Gasteiger partial charge in [-0.3, -0.25) is 4.79 Å². The zero-order valence-corrected chi connectivity index (χ0v) is 10.2. The van der Waals surface area contributed by atoms with E-state index >= 15 is 0 Å². The molecule has 0 saturated heterocycles. The van der Waals surface area contributed by atoms with Gasteiger partial charge in [-0.15, -0.1) is 0 Å². The number of aromatic hydroxyl groups is 1. The third kappa shape index (κ3) is 2.66. The Balaban J connectivity index is 2.34. The number of hydrogen-bond donors (Lipinski definition) is 2. The summed E-state index contributed by atoms with van der Waals surface area (Å²) in [6, 6.07) is 7.45. The van der Waals surface area contributed by atoms with Crippen molar-refractivity contribution < 1.29 is 18.7 Å². The molecule has 0 radical (unpaired) electrons. The molecule has 0 aliphatic heterocycles. The van der Waals surface area contributed by atoms with Crippen LogP contribution in [-0.4, -0.2) is 11.0 Å². The molecule has 0 aromatic heterocycles. The highest BCUT2D eigenvalue weighted by Gasteiger charge is 2.18. The molecule has 0 unspecified atom stereocenters. The minimum atomic E-state index is -0.961. The first-order chi connectivity index (χ1) is 9.00. The van der Waals surface area contributed by atoms with Gasteiger partial charge in [0.05, 0.1) is 10.7 Å². The van der Waals surface area contributed by atoms with Crippen LogP contribution in [-0.2, 0) is 0 Å². The monoisotopic (exact) mass is 283 g/mol. The molecule has 98 valence electrons. The van der Waals surface area contributed by atoms with Crippen molar-refractivity contribution in [1.82, 2.24) is 0 Å². The molecule has 0 heterocycles. The summed E-state index contributed by atoms with van der Waals surface area (Å²) < 4.78 is 27.0. The number of anilines is 1. The van der Waals surface area contributed by atoms with E-state index in [1.807, 2.05) is 0 Å². The van der Waals surface area contributed by atoms with E-state index in [4.69, 9.17) is 11.6 Å². The van der Waals surface area contributed by atoms with Gasteiger partial charge in [-0.2, -0.15) is 0 Å². The molecule has 0 aliphatic carbocycles. The third-order valence-electron chi connectivity index (χ3n) is 2.42. The van der Waals surface area contributed by atoms with Crippen LogP contribution < -0.4 is 5.32 Å². The van der Waals surface area contributed by atoms with E-state index in [2.05, 4.69) is 5.32 Å². The fourth-order valence-corrected chi connectivity index (χ4v) is 1.70. The molecular formula is C13H8ClF2NO2. The van der Waals surface area contributed by atoms with Crippen LogP contribution in [0.2, 0.25) is 5.02 Å². The first kappa shape index (κ1) is 13.3. The maximum Gasteiger partial charge on any atom is 0.262 e. The van der Waals surface area contributed by atoms with Gasteiger partial charge in [0.2, 0.25) is 0 Å². The highest BCUT2D eigenvalue weighted by molar-refractivity contribution is 6.31. The van der Waals surface area contributed by atoms with Crippen molar-refractivity contribution in [1.29, 1.82) is 0 Å². The molecule has 0 fully saturated rings. The normalized spacial score (nSPS) is 10.3. The fourth-order valence-electron chi connectivity index (χ4n) is 1.52. The number of rotatable bonds is 2. The lowest BCUT2D eigenvalue weighted by atomic mass is 10.1. The first-order valence-corrected chi connectivity index (χ1v) is 5.61. The van der Waals surface area contributed by atoms with Gasteiger partial charge < -0.3 is 10.4 Å². The van der Waals surface area contributed by atoms with Crippen molar-refractivity contribution in [2.75, 3.05) is 5.32 Å². The number of phenols is 1. The van der Waals surface area contributed by atoms with Gasteiger partial charge in [-0.1, -0.05) is 23.7 Å². The predicted molar refractivity (Wildman–Crippen MR) is 67.4 cm³/mol. The molecular weight excluding hydrogens is 276 g/mol. The molecule has 2 rings (SSSR count). The summed E-state index contributed by atoms with van der Waals surface area (Å²) >= 11 is 5.56. The zero-order chi connectivity index (χ0) is 14.0. The van der Waals surface area contributed by atoms with Crippen LogP contribution in [0.1, 0.15) is 10.4 Å². The molecule has 2 N–H and O–H groups in total. The predicted octanol–water partition coefficient (Wildman–Crippen LogP) is 3.58. The Morgan fingerprint density at radius 3 is 2.53 bits per heavy atom. The number of nitrogens with one attached hydrogen (secondary N) is 1. The summed E-state index contributed by atoms with van der Waals surface area (Å²) in [7, 11) is 0. The van der Waals surface area contributed by atoms with Gasteiger partial charge in [0, 0.05) is 0 Å². The lowest BCUT2D eigenvalue weighted by molar-refractivity contribution is 0.102. The second-order valence-corrected chi connectivity index (χ2v) is 4.10. The Bertz CT molecular complexity index is 626. The quantitative estimate of drug-likeness (QED) is 0.885. The van der Waals surface area contributed by atoms with Crippen LogP contribution in [0.3, 0.4) is 0 Å². The van der Waals surface area contributed by atoms with Crippen LogP contribution in [0.4, 0.5) is 14.5 Å². The highest BCUT2D eigenvalue weighted by Crippen LogP contribution is 2.25. The van der Waals surface area contributed by atoms with E-state index in [1.54, 1.807) is 0 Å². The highest BCUT2D eigenvalue weighted by atomic mass is 35.5. The number of amides is 1. The molecule has 2 aromatic carbocycles. The van der Waals surface area contributed by atoms with E-state index in [0.717, 1.165) is 12.1 Å². The molecule has 1 amide bonds. The van der Waals surface area contributed by atoms with Gasteiger partial charge in [0.25, 0.3) is 5.91 Å². The van der Waals surface area contributed by atoms with Crippen LogP contribution in [0.5, 0.6) is 5.75 Å². The Labute approximate surface area is 112 Å². The standard InChI is InChI=1S/C13H8ClF2NO2/c14-7-3-1-5-9(12(7)16)17-13(19)11-8(15)4-2-6-10(11)18/h1-6,18H,(H,17,19). The molecule has 0 spiro atoms. The lowest BCUT2D eigenvalue weighted by Crippen LogP contribution is -2.15. The summed E-state index contributed by atoms with van der Waals surface area (Å²) in [5.41, 5.74) is -0.748. The van der Waals surface area contributed by atoms with Gasteiger partial charge in [-0.05, 0) is 24.3 Å². The number of carbonyl (C=O) groups is 1. The van der Waals surface area contributed by atoms with E-state index in [-0.39, 0.29) is 10.7 Å². The molecule has 0 bridgehead atoms. The van der Waals surface area contributed by atoms with Crippen LogP contribution >= 0.6 is 11.6 Å². The minimum Gasteiger partial charge on any atom is -0.507 e. The molecule has 6 heteroatoms. The van der Waals surface area contributed by atoms with Crippen LogP contribution in [0, 0.1) is 11.6 Å². The van der Waals surface area contributed by atoms with Gasteiger partial charge in [0.15, 0.2) is 5.82 Å². The van der Waals surface area contributed by atoms with E-state index in [1.165, 1.54) is 24.3 Å².